The Morgan fingerprint density at radius 1 is 1.17 bits per heavy atom. The van der Waals surface area contributed by atoms with Gasteiger partial charge in [0, 0.05) is 18.5 Å². The Kier molecular flexibility index (Phi) is 7.38. The van der Waals surface area contributed by atoms with Crippen molar-refractivity contribution in [1.82, 2.24) is 4.90 Å². The zero-order chi connectivity index (χ0) is 13.4. The van der Waals surface area contributed by atoms with Crippen molar-refractivity contribution in [2.75, 3.05) is 6.54 Å². The number of amides is 1. The third-order valence-corrected chi connectivity index (χ3v) is 4.36. The van der Waals surface area contributed by atoms with Gasteiger partial charge in [-0.15, -0.1) is 0 Å². The topological polar surface area (TPSA) is 20.3 Å². The van der Waals surface area contributed by atoms with Crippen molar-refractivity contribution in [2.24, 2.45) is 5.92 Å². The maximum atomic E-state index is 12.6. The summed E-state index contributed by atoms with van der Waals surface area (Å²) in [5, 5.41) is 0. The van der Waals surface area contributed by atoms with Gasteiger partial charge < -0.3 is 4.90 Å². The Balaban J connectivity index is 2.53. The molecule has 18 heavy (non-hydrogen) atoms. The normalized spacial score (nSPS) is 18.6. The van der Waals surface area contributed by atoms with Gasteiger partial charge in [-0.1, -0.05) is 46.0 Å². The second kappa shape index (κ2) is 8.55. The zero-order valence-corrected chi connectivity index (χ0v) is 12.6. The highest BCUT2D eigenvalue weighted by Gasteiger charge is 2.27. The largest absolute Gasteiger partial charge is 0.340 e. The minimum atomic E-state index is 0.328. The lowest BCUT2D eigenvalue weighted by atomic mass is 9.88. The van der Waals surface area contributed by atoms with Crippen LogP contribution >= 0.6 is 0 Å². The van der Waals surface area contributed by atoms with Gasteiger partial charge in [-0.05, 0) is 32.6 Å². The van der Waals surface area contributed by atoms with E-state index in [1.54, 1.807) is 0 Å². The molecule has 1 fully saturated rings. The highest BCUT2D eigenvalue weighted by molar-refractivity contribution is 5.79. The summed E-state index contributed by atoms with van der Waals surface area (Å²) in [5.74, 6) is 0.773. The minimum Gasteiger partial charge on any atom is -0.340 e. The van der Waals surface area contributed by atoms with Gasteiger partial charge in [0.05, 0.1) is 0 Å². The van der Waals surface area contributed by atoms with E-state index in [0.29, 0.717) is 17.9 Å². The summed E-state index contributed by atoms with van der Waals surface area (Å²) in [6.07, 6.45) is 10.8. The second-order valence-corrected chi connectivity index (χ2v) is 5.83. The van der Waals surface area contributed by atoms with Crippen molar-refractivity contribution in [2.45, 2.75) is 84.6 Å². The molecule has 0 N–H and O–H groups in total. The van der Waals surface area contributed by atoms with Gasteiger partial charge >= 0.3 is 0 Å². The van der Waals surface area contributed by atoms with Gasteiger partial charge in [0.2, 0.25) is 5.91 Å². The molecular formula is C16H31NO. The molecule has 1 aliphatic rings. The van der Waals surface area contributed by atoms with E-state index in [-0.39, 0.29) is 0 Å². The molecular weight excluding hydrogens is 222 g/mol. The smallest absolute Gasteiger partial charge is 0.225 e. The lowest BCUT2D eigenvalue weighted by molar-refractivity contribution is -0.138. The summed E-state index contributed by atoms with van der Waals surface area (Å²) in [6, 6.07) is 0.413. The molecule has 0 bridgehead atoms. The minimum absolute atomic E-state index is 0.328. The Morgan fingerprint density at radius 3 is 2.39 bits per heavy atom. The van der Waals surface area contributed by atoms with E-state index in [9.17, 15) is 4.79 Å². The molecule has 2 nitrogen and oxygen atoms in total. The molecule has 0 radical (unpaired) electrons. The van der Waals surface area contributed by atoms with Crippen LogP contribution in [0.3, 0.4) is 0 Å². The third-order valence-electron chi connectivity index (χ3n) is 4.36. The molecule has 106 valence electrons. The van der Waals surface area contributed by atoms with E-state index in [1.807, 2.05) is 0 Å². The average Bonchev–Trinajstić information content (AvgIpc) is 2.43. The quantitative estimate of drug-likeness (QED) is 0.616. The first-order valence-electron chi connectivity index (χ1n) is 8.01. The van der Waals surface area contributed by atoms with Crippen LogP contribution in [0, 0.1) is 5.92 Å². The first kappa shape index (κ1) is 15.5. The molecule has 1 rings (SSSR count). The monoisotopic (exact) mass is 253 g/mol. The Labute approximate surface area is 113 Å². The predicted molar refractivity (Wildman–Crippen MR) is 77.6 cm³/mol. The van der Waals surface area contributed by atoms with E-state index in [4.69, 9.17) is 0 Å². The van der Waals surface area contributed by atoms with E-state index in [0.717, 1.165) is 25.8 Å². The SMILES string of the molecule is CCCCCN(C(=O)C1CCCCC1)C(C)CC. The summed E-state index contributed by atoms with van der Waals surface area (Å²) in [7, 11) is 0. The van der Waals surface area contributed by atoms with Crippen molar-refractivity contribution in [1.29, 1.82) is 0 Å². The summed E-state index contributed by atoms with van der Waals surface area (Å²) < 4.78 is 0. The number of hydrogen-bond acceptors (Lipinski definition) is 1. The van der Waals surface area contributed by atoms with Crippen molar-refractivity contribution in [3.8, 4) is 0 Å². The molecule has 0 spiro atoms. The lowest BCUT2D eigenvalue weighted by Crippen LogP contribution is -2.43. The molecule has 0 aromatic rings. The number of rotatable bonds is 7. The van der Waals surface area contributed by atoms with E-state index < -0.39 is 0 Å². The number of hydrogen-bond donors (Lipinski definition) is 0. The molecule has 0 heterocycles. The fourth-order valence-electron chi connectivity index (χ4n) is 2.88. The highest BCUT2D eigenvalue weighted by Crippen LogP contribution is 2.26. The first-order valence-corrected chi connectivity index (χ1v) is 8.01. The number of carbonyl (C=O) groups is 1. The summed E-state index contributed by atoms with van der Waals surface area (Å²) in [4.78, 5) is 14.8. The fraction of sp³-hybridized carbons (Fsp3) is 0.938. The summed E-state index contributed by atoms with van der Waals surface area (Å²) in [6.45, 7) is 7.58. The molecule has 1 amide bonds. The van der Waals surface area contributed by atoms with Crippen LogP contribution in [0.15, 0.2) is 0 Å². The molecule has 0 aromatic carbocycles. The summed E-state index contributed by atoms with van der Waals surface area (Å²) >= 11 is 0. The maximum absolute atomic E-state index is 12.6. The fourth-order valence-corrected chi connectivity index (χ4v) is 2.88. The van der Waals surface area contributed by atoms with Crippen LogP contribution in [0.5, 0.6) is 0 Å². The zero-order valence-electron chi connectivity index (χ0n) is 12.6. The van der Waals surface area contributed by atoms with Gasteiger partial charge in [-0.2, -0.15) is 0 Å². The molecule has 2 heteroatoms. The molecule has 1 unspecified atom stereocenters. The van der Waals surface area contributed by atoms with E-state index in [2.05, 4.69) is 25.7 Å². The molecule has 0 saturated heterocycles. The van der Waals surface area contributed by atoms with Crippen molar-refractivity contribution in [3.05, 3.63) is 0 Å². The molecule has 1 aliphatic carbocycles. The van der Waals surface area contributed by atoms with Gasteiger partial charge in [0.15, 0.2) is 0 Å². The standard InChI is InChI=1S/C16H31NO/c1-4-6-10-13-17(14(3)5-2)16(18)15-11-8-7-9-12-15/h14-15H,4-13H2,1-3H3. The number of carbonyl (C=O) groups excluding carboxylic acids is 1. The second-order valence-electron chi connectivity index (χ2n) is 5.83. The van der Waals surface area contributed by atoms with Crippen LogP contribution in [0.4, 0.5) is 0 Å². The van der Waals surface area contributed by atoms with E-state index in [1.165, 1.54) is 38.5 Å². The Hall–Kier alpha value is -0.530. The van der Waals surface area contributed by atoms with Gasteiger partial charge in [-0.3, -0.25) is 4.79 Å². The summed E-state index contributed by atoms with van der Waals surface area (Å²) in [5.41, 5.74) is 0. The highest BCUT2D eigenvalue weighted by atomic mass is 16.2. The third kappa shape index (κ3) is 4.62. The van der Waals surface area contributed by atoms with Crippen LogP contribution in [0.25, 0.3) is 0 Å². The van der Waals surface area contributed by atoms with Crippen molar-refractivity contribution >= 4 is 5.91 Å². The van der Waals surface area contributed by atoms with Gasteiger partial charge in [0.1, 0.15) is 0 Å². The van der Waals surface area contributed by atoms with Crippen LogP contribution < -0.4 is 0 Å². The van der Waals surface area contributed by atoms with Gasteiger partial charge in [0.25, 0.3) is 0 Å². The molecule has 1 saturated carbocycles. The van der Waals surface area contributed by atoms with Crippen molar-refractivity contribution < 1.29 is 4.79 Å². The van der Waals surface area contributed by atoms with E-state index >= 15 is 0 Å². The maximum Gasteiger partial charge on any atom is 0.225 e. The molecule has 1 atom stereocenters. The van der Waals surface area contributed by atoms with Crippen molar-refractivity contribution in [3.63, 3.8) is 0 Å². The first-order chi connectivity index (χ1) is 8.70. The Morgan fingerprint density at radius 2 is 1.83 bits per heavy atom. The average molecular weight is 253 g/mol. The number of unbranched alkanes of at least 4 members (excludes halogenated alkanes) is 2. The lowest BCUT2D eigenvalue weighted by Gasteiger charge is -2.33. The number of nitrogens with zero attached hydrogens (tertiary/aromatic N) is 1. The predicted octanol–water partition coefficient (Wildman–Crippen LogP) is 4.38. The van der Waals surface area contributed by atoms with Crippen LogP contribution in [-0.2, 0) is 4.79 Å². The Bertz CT molecular complexity index is 233. The van der Waals surface area contributed by atoms with Crippen LogP contribution in [0.1, 0.15) is 78.6 Å². The van der Waals surface area contributed by atoms with Crippen LogP contribution in [0.2, 0.25) is 0 Å². The van der Waals surface area contributed by atoms with Gasteiger partial charge in [-0.25, -0.2) is 0 Å². The van der Waals surface area contributed by atoms with Crippen LogP contribution in [-0.4, -0.2) is 23.4 Å². The molecule has 0 aliphatic heterocycles. The molecule has 0 aromatic heterocycles.